The highest BCUT2D eigenvalue weighted by molar-refractivity contribution is 5.88. The molecule has 8 nitrogen and oxygen atoms in total. The lowest BCUT2D eigenvalue weighted by molar-refractivity contribution is -0.282. The Morgan fingerprint density at radius 2 is 1.25 bits per heavy atom. The minimum atomic E-state index is -1.02. The van der Waals surface area contributed by atoms with E-state index in [4.69, 9.17) is 30.0 Å². The van der Waals surface area contributed by atoms with Crippen molar-refractivity contribution in [2.45, 2.75) is 6.61 Å². The van der Waals surface area contributed by atoms with Gasteiger partial charge in [-0.1, -0.05) is 54.6 Å². The number of fused-ring (bicyclic) bond motifs is 1. The van der Waals surface area contributed by atoms with Crippen LogP contribution in [0.25, 0.3) is 45.7 Å². The van der Waals surface area contributed by atoms with E-state index in [-0.39, 0.29) is 6.61 Å². The second-order valence-corrected chi connectivity index (χ2v) is 7.76. The Bertz CT molecular complexity index is 1460. The van der Waals surface area contributed by atoms with E-state index in [0.29, 0.717) is 22.4 Å². The molecule has 4 rings (SSSR count). The number of carboxylic acids is 2. The summed E-state index contributed by atoms with van der Waals surface area (Å²) in [5.41, 5.74) is 6.67. The molecule has 180 valence electrons. The van der Waals surface area contributed by atoms with Crippen LogP contribution in [0.1, 0.15) is 16.7 Å². The molecule has 1 aromatic heterocycles. The van der Waals surface area contributed by atoms with Crippen molar-refractivity contribution in [1.29, 1.82) is 0 Å². The van der Waals surface area contributed by atoms with Gasteiger partial charge in [-0.2, -0.15) is 0 Å². The summed E-state index contributed by atoms with van der Waals surface area (Å²) < 4.78 is 0. The van der Waals surface area contributed by atoms with Gasteiger partial charge in [0, 0.05) is 23.3 Å². The van der Waals surface area contributed by atoms with Crippen LogP contribution in [0.4, 0.5) is 0 Å². The second-order valence-electron chi connectivity index (χ2n) is 7.76. The maximum atomic E-state index is 10.8. The molecule has 4 aromatic rings. The average molecular weight is 482 g/mol. The van der Waals surface area contributed by atoms with E-state index in [1.165, 1.54) is 19.3 Å². The molecule has 0 radical (unpaired) electrons. The van der Waals surface area contributed by atoms with Crippen LogP contribution < -0.4 is 0 Å². The molecular formula is C28H22N2O6. The van der Waals surface area contributed by atoms with Gasteiger partial charge in [-0.15, -0.1) is 0 Å². The van der Waals surface area contributed by atoms with Crippen LogP contribution in [-0.2, 0) is 26.0 Å². The maximum Gasteiger partial charge on any atom is 0.328 e. The lowest BCUT2D eigenvalue weighted by atomic mass is 10.0. The second kappa shape index (κ2) is 11.2. The van der Waals surface area contributed by atoms with Crippen LogP contribution in [0.15, 0.2) is 78.9 Å². The molecule has 8 heteroatoms. The van der Waals surface area contributed by atoms with Crippen LogP contribution in [0.5, 0.6) is 0 Å². The van der Waals surface area contributed by atoms with Crippen molar-refractivity contribution in [2.75, 3.05) is 7.11 Å². The molecule has 1 heterocycles. The van der Waals surface area contributed by atoms with Gasteiger partial charge < -0.3 is 10.2 Å². The third kappa shape index (κ3) is 6.06. The molecule has 0 saturated carbocycles. The Morgan fingerprint density at radius 3 is 1.72 bits per heavy atom. The molecular weight excluding hydrogens is 460 g/mol. The molecule has 0 bridgehead atoms. The SMILES string of the molecule is COOCc1ccc2nc(-c3ccc(C=CC(=O)O)cc3)c(-c3ccc(C=CC(=O)O)cc3)nc2c1. The fourth-order valence-electron chi connectivity index (χ4n) is 3.56. The number of benzene rings is 3. The van der Waals surface area contributed by atoms with Gasteiger partial charge in [-0.3, -0.25) is 0 Å². The number of hydrogen-bond donors (Lipinski definition) is 2. The Hall–Kier alpha value is -4.66. The van der Waals surface area contributed by atoms with Crippen molar-refractivity contribution >= 4 is 35.1 Å². The van der Waals surface area contributed by atoms with E-state index in [1.807, 2.05) is 66.7 Å². The number of carbonyl (C=O) groups is 2. The standard InChI is InChI=1S/C28H22N2O6/c1-35-36-17-20-6-13-23-24(16-20)30-28(22-11-4-19(5-12-22)8-15-26(33)34)27(29-23)21-9-2-18(3-10-21)7-14-25(31)32/h2-16H,17H2,1H3,(H,31,32)(H,33,34). The van der Waals surface area contributed by atoms with E-state index in [9.17, 15) is 9.59 Å². The number of aromatic nitrogens is 2. The predicted molar refractivity (Wildman–Crippen MR) is 136 cm³/mol. The zero-order chi connectivity index (χ0) is 25.5. The monoisotopic (exact) mass is 482 g/mol. The number of rotatable bonds is 9. The van der Waals surface area contributed by atoms with Gasteiger partial charge in [-0.05, 0) is 41.0 Å². The van der Waals surface area contributed by atoms with E-state index in [2.05, 4.69) is 0 Å². The third-order valence-corrected chi connectivity index (χ3v) is 5.28. The van der Waals surface area contributed by atoms with Gasteiger partial charge in [0.05, 0.1) is 29.5 Å². The fraction of sp³-hybridized carbons (Fsp3) is 0.0714. The Labute approximate surface area is 206 Å². The first kappa shape index (κ1) is 24.5. The van der Waals surface area contributed by atoms with E-state index in [0.717, 1.165) is 40.0 Å². The number of aliphatic carboxylic acids is 2. The summed E-state index contributed by atoms with van der Waals surface area (Å²) in [6, 6.07) is 20.4. The molecule has 0 atom stereocenters. The molecule has 0 aliphatic carbocycles. The maximum absolute atomic E-state index is 10.8. The van der Waals surface area contributed by atoms with Crippen LogP contribution >= 0.6 is 0 Å². The topological polar surface area (TPSA) is 119 Å². The highest BCUT2D eigenvalue weighted by atomic mass is 17.2. The van der Waals surface area contributed by atoms with Crippen molar-refractivity contribution in [2.24, 2.45) is 0 Å². The van der Waals surface area contributed by atoms with Gasteiger partial charge in [-0.25, -0.2) is 29.3 Å². The summed E-state index contributed by atoms with van der Waals surface area (Å²) in [6.45, 7) is 0.265. The number of carboxylic acid groups (broad SMARTS) is 2. The molecule has 0 fully saturated rings. The average Bonchev–Trinajstić information content (AvgIpc) is 2.89. The highest BCUT2D eigenvalue weighted by Crippen LogP contribution is 2.32. The molecule has 2 N–H and O–H groups in total. The summed E-state index contributed by atoms with van der Waals surface area (Å²) in [7, 11) is 1.45. The largest absolute Gasteiger partial charge is 0.478 e. The third-order valence-electron chi connectivity index (χ3n) is 5.28. The summed E-state index contributed by atoms with van der Waals surface area (Å²) in [4.78, 5) is 41.2. The fourth-order valence-corrected chi connectivity index (χ4v) is 3.56. The quantitative estimate of drug-likeness (QED) is 0.189. The molecule has 36 heavy (non-hydrogen) atoms. The van der Waals surface area contributed by atoms with Crippen LogP contribution in [0.3, 0.4) is 0 Å². The lowest BCUT2D eigenvalue weighted by Gasteiger charge is -2.12. The van der Waals surface area contributed by atoms with E-state index in [1.54, 1.807) is 0 Å². The molecule has 0 aliphatic heterocycles. The Balaban J connectivity index is 1.80. The highest BCUT2D eigenvalue weighted by Gasteiger charge is 2.14. The predicted octanol–water partition coefficient (Wildman–Crippen LogP) is 5.24. The minimum absolute atomic E-state index is 0.265. The van der Waals surface area contributed by atoms with Gasteiger partial charge in [0.1, 0.15) is 6.61 Å². The zero-order valence-corrected chi connectivity index (χ0v) is 19.3. The van der Waals surface area contributed by atoms with Crippen molar-refractivity contribution < 1.29 is 29.6 Å². The summed E-state index contributed by atoms with van der Waals surface area (Å²) in [5, 5.41) is 17.7. The first-order chi connectivity index (χ1) is 17.4. The summed E-state index contributed by atoms with van der Waals surface area (Å²) >= 11 is 0. The molecule has 3 aromatic carbocycles. The van der Waals surface area contributed by atoms with Crippen molar-refractivity contribution in [1.82, 2.24) is 9.97 Å². The summed E-state index contributed by atoms with van der Waals surface area (Å²) in [6.07, 6.45) is 5.21. The van der Waals surface area contributed by atoms with Gasteiger partial charge >= 0.3 is 11.9 Å². The summed E-state index contributed by atoms with van der Waals surface area (Å²) in [5.74, 6) is -2.03. The minimum Gasteiger partial charge on any atom is -0.478 e. The Morgan fingerprint density at radius 1 is 0.750 bits per heavy atom. The molecule has 0 saturated heterocycles. The first-order valence-corrected chi connectivity index (χ1v) is 10.9. The van der Waals surface area contributed by atoms with Crippen LogP contribution in [-0.4, -0.2) is 39.2 Å². The number of nitrogens with zero attached hydrogens (tertiary/aromatic N) is 2. The first-order valence-electron chi connectivity index (χ1n) is 10.9. The zero-order valence-electron chi connectivity index (χ0n) is 19.3. The smallest absolute Gasteiger partial charge is 0.328 e. The number of hydrogen-bond acceptors (Lipinski definition) is 6. The molecule has 0 spiro atoms. The van der Waals surface area contributed by atoms with E-state index >= 15 is 0 Å². The van der Waals surface area contributed by atoms with Gasteiger partial charge in [0.15, 0.2) is 0 Å². The van der Waals surface area contributed by atoms with Gasteiger partial charge in [0.2, 0.25) is 0 Å². The molecule has 0 unspecified atom stereocenters. The van der Waals surface area contributed by atoms with Gasteiger partial charge in [0.25, 0.3) is 0 Å². The van der Waals surface area contributed by atoms with E-state index < -0.39 is 11.9 Å². The lowest BCUT2D eigenvalue weighted by Crippen LogP contribution is -1.97. The van der Waals surface area contributed by atoms with Crippen molar-refractivity contribution in [3.05, 3.63) is 95.6 Å². The van der Waals surface area contributed by atoms with Crippen molar-refractivity contribution in [3.63, 3.8) is 0 Å². The van der Waals surface area contributed by atoms with Crippen LogP contribution in [0, 0.1) is 0 Å². The molecule has 0 aliphatic rings. The van der Waals surface area contributed by atoms with Crippen LogP contribution in [0.2, 0.25) is 0 Å². The Kier molecular flexibility index (Phi) is 7.60. The van der Waals surface area contributed by atoms with Crippen molar-refractivity contribution in [3.8, 4) is 22.5 Å². The molecule has 0 amide bonds. The normalized spacial score (nSPS) is 11.5.